The molecule has 0 spiro atoms. The minimum Gasteiger partial charge on any atom is -0.330 e. The highest BCUT2D eigenvalue weighted by molar-refractivity contribution is 5.97. The maximum atomic E-state index is 13.3. The standard InChI is InChI=1S/C21H20N6O/c1-15-19-10-18(12-24-20(19)26(2)25-15)21(28)27(13-16-5-8-22-9-6-16)14-17-4-3-7-23-11-17/h3-12H,13-14H2,1-2H3. The van der Waals surface area contributed by atoms with E-state index in [1.807, 2.05) is 44.3 Å². The lowest BCUT2D eigenvalue weighted by molar-refractivity contribution is 0.0729. The molecule has 4 heterocycles. The number of rotatable bonds is 5. The van der Waals surface area contributed by atoms with E-state index in [0.29, 0.717) is 18.7 Å². The molecular weight excluding hydrogens is 352 g/mol. The number of hydrogen-bond acceptors (Lipinski definition) is 5. The van der Waals surface area contributed by atoms with Gasteiger partial charge in [0.1, 0.15) is 0 Å². The Morgan fingerprint density at radius 3 is 2.57 bits per heavy atom. The van der Waals surface area contributed by atoms with E-state index in [0.717, 1.165) is 27.9 Å². The summed E-state index contributed by atoms with van der Waals surface area (Å²) in [7, 11) is 1.85. The highest BCUT2D eigenvalue weighted by atomic mass is 16.2. The van der Waals surface area contributed by atoms with E-state index >= 15 is 0 Å². The van der Waals surface area contributed by atoms with E-state index in [1.165, 1.54) is 0 Å². The van der Waals surface area contributed by atoms with Gasteiger partial charge in [0.05, 0.1) is 11.3 Å². The Bertz CT molecular complexity index is 1070. The van der Waals surface area contributed by atoms with E-state index in [2.05, 4.69) is 20.1 Å². The Kier molecular flexibility index (Phi) is 4.80. The van der Waals surface area contributed by atoms with Crippen molar-refractivity contribution in [1.82, 2.24) is 29.6 Å². The average molecular weight is 372 g/mol. The minimum atomic E-state index is -0.0849. The molecule has 1 amide bonds. The van der Waals surface area contributed by atoms with Crippen molar-refractivity contribution in [2.24, 2.45) is 7.05 Å². The minimum absolute atomic E-state index is 0.0849. The predicted molar refractivity (Wildman–Crippen MR) is 105 cm³/mol. The van der Waals surface area contributed by atoms with Crippen LogP contribution in [-0.2, 0) is 20.1 Å². The summed E-state index contributed by atoms with van der Waals surface area (Å²) in [5.74, 6) is -0.0849. The third-order valence-corrected chi connectivity index (χ3v) is 4.62. The number of carbonyl (C=O) groups excluding carboxylic acids is 1. The first-order chi connectivity index (χ1) is 13.6. The van der Waals surface area contributed by atoms with Crippen LogP contribution in [0, 0.1) is 6.92 Å². The summed E-state index contributed by atoms with van der Waals surface area (Å²) in [6.07, 6.45) is 8.58. The topological polar surface area (TPSA) is 76.8 Å². The van der Waals surface area contributed by atoms with Crippen molar-refractivity contribution < 1.29 is 4.79 Å². The Morgan fingerprint density at radius 2 is 1.82 bits per heavy atom. The molecule has 7 nitrogen and oxygen atoms in total. The largest absolute Gasteiger partial charge is 0.330 e. The molecule has 0 saturated carbocycles. The molecule has 0 aromatic carbocycles. The van der Waals surface area contributed by atoms with Crippen molar-refractivity contribution in [3.63, 3.8) is 0 Å². The highest BCUT2D eigenvalue weighted by Gasteiger charge is 2.19. The Morgan fingerprint density at radius 1 is 1.04 bits per heavy atom. The second kappa shape index (κ2) is 7.56. The zero-order valence-corrected chi connectivity index (χ0v) is 15.8. The molecule has 0 fully saturated rings. The van der Waals surface area contributed by atoms with Gasteiger partial charge < -0.3 is 4.90 Å². The van der Waals surface area contributed by atoms with E-state index in [1.54, 1.807) is 40.6 Å². The quantitative estimate of drug-likeness (QED) is 0.538. The number of pyridine rings is 3. The molecule has 28 heavy (non-hydrogen) atoms. The molecule has 7 heteroatoms. The van der Waals surface area contributed by atoms with Gasteiger partial charge in [0.25, 0.3) is 5.91 Å². The van der Waals surface area contributed by atoms with Crippen molar-refractivity contribution in [2.45, 2.75) is 20.0 Å². The Hall–Kier alpha value is -3.61. The number of carbonyl (C=O) groups is 1. The van der Waals surface area contributed by atoms with Crippen LogP contribution in [0.4, 0.5) is 0 Å². The third kappa shape index (κ3) is 3.59. The molecule has 0 aliphatic heterocycles. The van der Waals surface area contributed by atoms with Crippen LogP contribution in [0.1, 0.15) is 27.2 Å². The first-order valence-electron chi connectivity index (χ1n) is 8.98. The highest BCUT2D eigenvalue weighted by Crippen LogP contribution is 2.19. The van der Waals surface area contributed by atoms with Crippen molar-refractivity contribution in [1.29, 1.82) is 0 Å². The van der Waals surface area contributed by atoms with E-state index in [4.69, 9.17) is 0 Å². The number of aryl methyl sites for hydroxylation is 2. The summed E-state index contributed by atoms with van der Waals surface area (Å²) in [6, 6.07) is 9.53. The van der Waals surface area contributed by atoms with Gasteiger partial charge in [0.15, 0.2) is 5.65 Å². The molecule has 0 aliphatic rings. The monoisotopic (exact) mass is 372 g/mol. The first kappa shape index (κ1) is 17.8. The van der Waals surface area contributed by atoms with Gasteiger partial charge in [-0.25, -0.2) is 4.98 Å². The number of hydrogen-bond donors (Lipinski definition) is 0. The summed E-state index contributed by atoms with van der Waals surface area (Å²) in [5, 5.41) is 5.27. The molecule has 0 radical (unpaired) electrons. The maximum absolute atomic E-state index is 13.3. The molecule has 0 N–H and O–H groups in total. The van der Waals surface area contributed by atoms with Crippen LogP contribution < -0.4 is 0 Å². The van der Waals surface area contributed by atoms with E-state index < -0.39 is 0 Å². The molecule has 0 atom stereocenters. The zero-order valence-electron chi connectivity index (χ0n) is 15.8. The molecule has 0 unspecified atom stereocenters. The molecule has 4 aromatic rings. The van der Waals surface area contributed by atoms with Gasteiger partial charge in [-0.3, -0.25) is 19.4 Å². The fourth-order valence-electron chi connectivity index (χ4n) is 3.23. The van der Waals surface area contributed by atoms with Crippen molar-refractivity contribution in [3.8, 4) is 0 Å². The smallest absolute Gasteiger partial charge is 0.256 e. The maximum Gasteiger partial charge on any atom is 0.256 e. The lowest BCUT2D eigenvalue weighted by atomic mass is 10.1. The predicted octanol–water partition coefficient (Wildman–Crippen LogP) is 2.91. The fraction of sp³-hybridized carbons (Fsp3) is 0.190. The third-order valence-electron chi connectivity index (χ3n) is 4.62. The lowest BCUT2D eigenvalue weighted by Crippen LogP contribution is -2.30. The van der Waals surface area contributed by atoms with Crippen LogP contribution in [-0.4, -0.2) is 35.5 Å². The molecule has 0 bridgehead atoms. The second-order valence-corrected chi connectivity index (χ2v) is 6.68. The molecular formula is C21H20N6O. The van der Waals surface area contributed by atoms with Gasteiger partial charge in [0, 0.05) is 56.5 Å². The molecule has 140 valence electrons. The number of amides is 1. The van der Waals surface area contributed by atoms with Crippen LogP contribution in [0.5, 0.6) is 0 Å². The molecule has 0 aliphatic carbocycles. The fourth-order valence-corrected chi connectivity index (χ4v) is 3.23. The van der Waals surface area contributed by atoms with Gasteiger partial charge in [-0.15, -0.1) is 0 Å². The van der Waals surface area contributed by atoms with Crippen molar-refractivity contribution in [3.05, 3.63) is 83.7 Å². The first-order valence-corrected chi connectivity index (χ1v) is 8.98. The van der Waals surface area contributed by atoms with Crippen LogP contribution in [0.25, 0.3) is 11.0 Å². The summed E-state index contributed by atoms with van der Waals surface area (Å²) >= 11 is 0. The van der Waals surface area contributed by atoms with Crippen LogP contribution in [0.15, 0.2) is 61.3 Å². The molecule has 0 saturated heterocycles. The van der Waals surface area contributed by atoms with Gasteiger partial charge in [-0.1, -0.05) is 6.07 Å². The number of nitrogens with zero attached hydrogens (tertiary/aromatic N) is 6. The van der Waals surface area contributed by atoms with Gasteiger partial charge >= 0.3 is 0 Å². The Balaban J connectivity index is 1.68. The lowest BCUT2D eigenvalue weighted by Gasteiger charge is -2.23. The molecule has 4 aromatic heterocycles. The number of aromatic nitrogens is 5. The van der Waals surface area contributed by atoms with Gasteiger partial charge in [0.2, 0.25) is 0 Å². The summed E-state index contributed by atoms with van der Waals surface area (Å²) in [4.78, 5) is 27.8. The van der Waals surface area contributed by atoms with Gasteiger partial charge in [-0.05, 0) is 42.3 Å². The van der Waals surface area contributed by atoms with Crippen LogP contribution in [0.3, 0.4) is 0 Å². The summed E-state index contributed by atoms with van der Waals surface area (Å²) in [5.41, 5.74) is 4.14. The van der Waals surface area contributed by atoms with Crippen molar-refractivity contribution in [2.75, 3.05) is 0 Å². The summed E-state index contributed by atoms with van der Waals surface area (Å²) in [6.45, 7) is 2.85. The van der Waals surface area contributed by atoms with Crippen LogP contribution in [0.2, 0.25) is 0 Å². The van der Waals surface area contributed by atoms with E-state index in [-0.39, 0.29) is 5.91 Å². The second-order valence-electron chi connectivity index (χ2n) is 6.68. The Labute approximate surface area is 162 Å². The normalized spacial score (nSPS) is 10.9. The van der Waals surface area contributed by atoms with Crippen LogP contribution >= 0.6 is 0 Å². The van der Waals surface area contributed by atoms with Gasteiger partial charge in [-0.2, -0.15) is 5.10 Å². The summed E-state index contributed by atoms with van der Waals surface area (Å²) < 4.78 is 1.73. The zero-order chi connectivity index (χ0) is 19.5. The van der Waals surface area contributed by atoms with Crippen molar-refractivity contribution >= 4 is 16.9 Å². The van der Waals surface area contributed by atoms with E-state index in [9.17, 15) is 4.79 Å². The SMILES string of the molecule is Cc1nn(C)c2ncc(C(=O)N(Cc3ccncc3)Cc3cccnc3)cc12. The number of fused-ring (bicyclic) bond motifs is 1. The average Bonchev–Trinajstić information content (AvgIpc) is 3.02. The molecule has 4 rings (SSSR count).